The Morgan fingerprint density at radius 1 is 1.24 bits per heavy atom. The van der Waals surface area contributed by atoms with E-state index in [1.807, 2.05) is 0 Å². The van der Waals surface area contributed by atoms with Gasteiger partial charge in [-0.05, 0) is 43.9 Å². The first-order chi connectivity index (χ1) is 10.3. The molecule has 0 aliphatic carbocycles. The Balaban J connectivity index is 1.63. The summed E-state index contributed by atoms with van der Waals surface area (Å²) < 4.78 is 5.48. The number of rotatable bonds is 5. The zero-order valence-electron chi connectivity index (χ0n) is 13.4. The predicted molar refractivity (Wildman–Crippen MR) is 86.9 cm³/mol. The maximum absolute atomic E-state index is 5.48. The molecule has 3 heteroatoms. The van der Waals surface area contributed by atoms with E-state index in [1.165, 1.54) is 44.5 Å². The molecule has 0 spiro atoms. The van der Waals surface area contributed by atoms with E-state index >= 15 is 0 Å². The second kappa shape index (κ2) is 6.80. The zero-order valence-corrected chi connectivity index (χ0v) is 13.4. The Morgan fingerprint density at radius 3 is 2.90 bits per heavy atom. The van der Waals surface area contributed by atoms with Gasteiger partial charge in [-0.1, -0.05) is 25.1 Å². The first-order valence-electron chi connectivity index (χ1n) is 8.41. The first-order valence-corrected chi connectivity index (χ1v) is 8.41. The highest BCUT2D eigenvalue weighted by Gasteiger charge is 2.35. The molecule has 0 aromatic heterocycles. The zero-order chi connectivity index (χ0) is 14.7. The van der Waals surface area contributed by atoms with Crippen molar-refractivity contribution in [2.45, 2.75) is 44.7 Å². The molecule has 2 fully saturated rings. The highest BCUT2D eigenvalue weighted by molar-refractivity contribution is 5.33. The second-order valence-electron chi connectivity index (χ2n) is 6.41. The van der Waals surface area contributed by atoms with E-state index in [2.05, 4.69) is 41.0 Å². The Hall–Kier alpha value is -1.06. The number of benzene rings is 1. The van der Waals surface area contributed by atoms with Gasteiger partial charge in [-0.25, -0.2) is 0 Å². The van der Waals surface area contributed by atoms with Crippen LogP contribution in [0.3, 0.4) is 0 Å². The summed E-state index contributed by atoms with van der Waals surface area (Å²) in [6, 6.07) is 9.98. The van der Waals surface area contributed by atoms with Gasteiger partial charge in [-0.2, -0.15) is 0 Å². The maximum Gasteiger partial charge on any atom is 0.122 e. The fourth-order valence-electron chi connectivity index (χ4n) is 3.98. The normalized spacial score (nSPS) is 26.8. The number of hydrogen-bond donors (Lipinski definition) is 0. The van der Waals surface area contributed by atoms with Gasteiger partial charge in [0, 0.05) is 31.7 Å². The highest BCUT2D eigenvalue weighted by Crippen LogP contribution is 2.26. The van der Waals surface area contributed by atoms with Gasteiger partial charge in [0.2, 0.25) is 0 Å². The lowest BCUT2D eigenvalue weighted by atomic mass is 10.0. The van der Waals surface area contributed by atoms with Crippen LogP contribution < -0.4 is 4.74 Å². The third-order valence-corrected chi connectivity index (χ3v) is 5.24. The van der Waals surface area contributed by atoms with Crippen molar-refractivity contribution in [2.24, 2.45) is 0 Å². The summed E-state index contributed by atoms with van der Waals surface area (Å²) in [5.41, 5.74) is 1.34. The molecule has 2 unspecified atom stereocenters. The van der Waals surface area contributed by atoms with Crippen molar-refractivity contribution in [3.05, 3.63) is 29.8 Å². The summed E-state index contributed by atoms with van der Waals surface area (Å²) in [6.45, 7) is 7.34. The van der Waals surface area contributed by atoms with Crippen LogP contribution in [0.1, 0.15) is 31.7 Å². The van der Waals surface area contributed by atoms with Crippen LogP contribution in [0.2, 0.25) is 0 Å². The largest absolute Gasteiger partial charge is 0.496 e. The number of hydrogen-bond acceptors (Lipinski definition) is 3. The molecule has 3 rings (SSSR count). The summed E-state index contributed by atoms with van der Waals surface area (Å²) in [6.07, 6.45) is 5.13. The van der Waals surface area contributed by atoms with Gasteiger partial charge in [0.05, 0.1) is 7.11 Å². The van der Waals surface area contributed by atoms with Crippen molar-refractivity contribution >= 4 is 0 Å². The van der Waals surface area contributed by atoms with Crippen molar-refractivity contribution in [3.8, 4) is 5.75 Å². The highest BCUT2D eigenvalue weighted by atomic mass is 16.5. The summed E-state index contributed by atoms with van der Waals surface area (Å²) in [4.78, 5) is 5.44. The Labute approximate surface area is 128 Å². The molecule has 1 aromatic carbocycles. The molecule has 2 heterocycles. The summed E-state index contributed by atoms with van der Waals surface area (Å²) >= 11 is 0. The molecule has 0 radical (unpaired) electrons. The molecule has 2 atom stereocenters. The molecule has 21 heavy (non-hydrogen) atoms. The van der Waals surface area contributed by atoms with Gasteiger partial charge < -0.3 is 4.74 Å². The van der Waals surface area contributed by atoms with Crippen molar-refractivity contribution in [1.29, 1.82) is 0 Å². The van der Waals surface area contributed by atoms with Crippen molar-refractivity contribution in [2.75, 3.05) is 33.3 Å². The molecule has 0 bridgehead atoms. The van der Waals surface area contributed by atoms with E-state index in [4.69, 9.17) is 4.74 Å². The fourth-order valence-corrected chi connectivity index (χ4v) is 3.98. The number of nitrogens with zero attached hydrogens (tertiary/aromatic N) is 2. The second-order valence-corrected chi connectivity index (χ2v) is 6.41. The van der Waals surface area contributed by atoms with Gasteiger partial charge in [0.25, 0.3) is 0 Å². The molecular weight excluding hydrogens is 260 g/mol. The van der Waals surface area contributed by atoms with E-state index in [-0.39, 0.29) is 0 Å². The molecule has 116 valence electrons. The smallest absolute Gasteiger partial charge is 0.122 e. The van der Waals surface area contributed by atoms with Crippen LogP contribution in [0.5, 0.6) is 5.75 Å². The van der Waals surface area contributed by atoms with E-state index < -0.39 is 0 Å². The number of ether oxygens (including phenoxy) is 1. The number of piperazine rings is 1. The quantitative estimate of drug-likeness (QED) is 0.828. The van der Waals surface area contributed by atoms with E-state index in [0.717, 1.165) is 30.8 Å². The number of methoxy groups -OCH3 is 1. The number of fused-ring (bicyclic) bond motifs is 1. The maximum atomic E-state index is 5.48. The van der Waals surface area contributed by atoms with Crippen LogP contribution in [0.25, 0.3) is 0 Å². The van der Waals surface area contributed by atoms with Crippen molar-refractivity contribution < 1.29 is 4.74 Å². The number of para-hydroxylation sites is 1. The van der Waals surface area contributed by atoms with Crippen molar-refractivity contribution in [3.63, 3.8) is 0 Å². The van der Waals surface area contributed by atoms with Crippen LogP contribution in [0, 0.1) is 0 Å². The molecule has 0 amide bonds. The standard InChI is InChI=1S/C18H28N2O/c1-3-16-13-19-11-6-8-17(19)14-20(16)12-10-15-7-4-5-9-18(15)21-2/h4-5,7,9,16-17H,3,6,8,10-14H2,1-2H3. The molecular formula is C18H28N2O. The summed E-state index contributed by atoms with van der Waals surface area (Å²) in [5.74, 6) is 1.03. The third-order valence-electron chi connectivity index (χ3n) is 5.24. The Kier molecular flexibility index (Phi) is 4.81. The van der Waals surface area contributed by atoms with Crippen LogP contribution in [-0.2, 0) is 6.42 Å². The van der Waals surface area contributed by atoms with Crippen LogP contribution in [0.15, 0.2) is 24.3 Å². The topological polar surface area (TPSA) is 15.7 Å². The van der Waals surface area contributed by atoms with Gasteiger partial charge in [-0.15, -0.1) is 0 Å². The van der Waals surface area contributed by atoms with Gasteiger partial charge in [0.15, 0.2) is 0 Å². The van der Waals surface area contributed by atoms with Gasteiger partial charge >= 0.3 is 0 Å². The van der Waals surface area contributed by atoms with Crippen LogP contribution in [0.4, 0.5) is 0 Å². The molecule has 2 aliphatic heterocycles. The fraction of sp³-hybridized carbons (Fsp3) is 0.667. The summed E-state index contributed by atoms with van der Waals surface area (Å²) in [5, 5.41) is 0. The summed E-state index contributed by atoms with van der Waals surface area (Å²) in [7, 11) is 1.77. The predicted octanol–water partition coefficient (Wildman–Crippen LogP) is 2.80. The van der Waals surface area contributed by atoms with E-state index in [0.29, 0.717) is 0 Å². The van der Waals surface area contributed by atoms with Gasteiger partial charge in [0.1, 0.15) is 5.75 Å². The Morgan fingerprint density at radius 2 is 2.10 bits per heavy atom. The SMILES string of the molecule is CCC1CN2CCCC2CN1CCc1ccccc1OC. The Bertz CT molecular complexity index is 462. The van der Waals surface area contributed by atoms with Crippen molar-refractivity contribution in [1.82, 2.24) is 9.80 Å². The average molecular weight is 288 g/mol. The monoisotopic (exact) mass is 288 g/mol. The van der Waals surface area contributed by atoms with Crippen LogP contribution in [-0.4, -0.2) is 55.2 Å². The minimum Gasteiger partial charge on any atom is -0.496 e. The molecule has 2 aliphatic rings. The molecule has 0 N–H and O–H groups in total. The average Bonchev–Trinajstić information content (AvgIpc) is 2.99. The minimum absolute atomic E-state index is 0.731. The molecule has 0 saturated carbocycles. The lowest BCUT2D eigenvalue weighted by molar-refractivity contribution is 0.0500. The minimum atomic E-state index is 0.731. The third kappa shape index (κ3) is 3.24. The first kappa shape index (κ1) is 14.9. The van der Waals surface area contributed by atoms with Crippen LogP contribution >= 0.6 is 0 Å². The van der Waals surface area contributed by atoms with E-state index in [1.54, 1.807) is 7.11 Å². The molecule has 3 nitrogen and oxygen atoms in total. The lowest BCUT2D eigenvalue weighted by Crippen LogP contribution is -2.56. The molecule has 1 aromatic rings. The molecule has 2 saturated heterocycles. The van der Waals surface area contributed by atoms with E-state index in [9.17, 15) is 0 Å². The van der Waals surface area contributed by atoms with Gasteiger partial charge in [-0.3, -0.25) is 9.80 Å². The lowest BCUT2D eigenvalue weighted by Gasteiger charge is -2.43.